The zero-order valence-electron chi connectivity index (χ0n) is 22.2. The van der Waals surface area contributed by atoms with Crippen molar-refractivity contribution in [1.82, 2.24) is 5.32 Å². The highest BCUT2D eigenvalue weighted by Gasteiger charge is 2.16. The Kier molecular flexibility index (Phi) is 10.6. The second kappa shape index (κ2) is 14.7. The first-order valence-electron chi connectivity index (χ1n) is 12.8. The number of rotatable bonds is 11. The minimum atomic E-state index is -0.500. The fraction of sp³-hybridized carbons (Fsp3) is 0.0938. The number of thioether (sulfide) groups is 1. The number of benzene rings is 4. The number of ether oxygens (including phenoxy) is 1. The predicted octanol–water partition coefficient (Wildman–Crippen LogP) is 6.88. The van der Waals surface area contributed by atoms with Crippen LogP contribution in [0.4, 0.5) is 11.4 Å². The molecule has 0 bridgehead atoms. The molecule has 0 fully saturated rings. The molecule has 0 radical (unpaired) electrons. The maximum absolute atomic E-state index is 13.4. The Morgan fingerprint density at radius 1 is 0.829 bits per heavy atom. The highest BCUT2D eigenvalue weighted by molar-refractivity contribution is 8.00. The molecule has 9 heteroatoms. The number of anilines is 2. The summed E-state index contributed by atoms with van der Waals surface area (Å²) in [6, 6.07) is 30.0. The molecule has 0 aliphatic carbocycles. The number of carbonyl (C=O) groups is 3. The maximum Gasteiger partial charge on any atom is 0.272 e. The lowest BCUT2D eigenvalue weighted by Gasteiger charge is -2.13. The van der Waals surface area contributed by atoms with Crippen LogP contribution in [0.5, 0.6) is 5.75 Å². The quantitative estimate of drug-likeness (QED) is 0.132. The van der Waals surface area contributed by atoms with Gasteiger partial charge in [-0.3, -0.25) is 14.4 Å². The van der Waals surface area contributed by atoms with E-state index in [4.69, 9.17) is 16.3 Å². The molecule has 0 saturated heterocycles. The van der Waals surface area contributed by atoms with Crippen LogP contribution in [0.2, 0.25) is 5.02 Å². The highest BCUT2D eigenvalue weighted by Crippen LogP contribution is 2.24. The van der Waals surface area contributed by atoms with E-state index in [9.17, 15) is 14.4 Å². The van der Waals surface area contributed by atoms with Gasteiger partial charge in [0.05, 0.1) is 23.1 Å². The highest BCUT2D eigenvalue weighted by atomic mass is 35.5. The van der Waals surface area contributed by atoms with Gasteiger partial charge >= 0.3 is 0 Å². The molecule has 4 rings (SSSR count). The minimum absolute atomic E-state index is 0.0562. The molecule has 0 heterocycles. The summed E-state index contributed by atoms with van der Waals surface area (Å²) in [6.07, 6.45) is 1.59. The molecular weight excluding hydrogens is 558 g/mol. The van der Waals surface area contributed by atoms with Gasteiger partial charge in [0.1, 0.15) is 11.4 Å². The number of hydrogen-bond donors (Lipinski definition) is 3. The molecule has 3 amide bonds. The molecular formula is C32H28ClN3O4S. The average molecular weight is 586 g/mol. The van der Waals surface area contributed by atoms with Crippen LogP contribution in [-0.2, 0) is 9.59 Å². The van der Waals surface area contributed by atoms with Crippen molar-refractivity contribution in [2.24, 2.45) is 0 Å². The zero-order valence-corrected chi connectivity index (χ0v) is 23.8. The second-order valence-electron chi connectivity index (χ2n) is 8.64. The Labute approximate surface area is 248 Å². The van der Waals surface area contributed by atoms with Gasteiger partial charge in [-0.1, -0.05) is 60.1 Å². The summed E-state index contributed by atoms with van der Waals surface area (Å²) in [5.74, 6) is -0.317. The van der Waals surface area contributed by atoms with Gasteiger partial charge in [-0.2, -0.15) is 0 Å². The van der Waals surface area contributed by atoms with Crippen LogP contribution in [0.3, 0.4) is 0 Å². The van der Waals surface area contributed by atoms with Crippen molar-refractivity contribution < 1.29 is 19.1 Å². The van der Waals surface area contributed by atoms with E-state index in [1.54, 1.807) is 91.0 Å². The molecule has 0 aliphatic rings. The third-order valence-corrected chi connectivity index (χ3v) is 7.02. The SMILES string of the molecule is CCOc1ccccc1/C=C(\NC(=O)c1ccccc1)C(=O)Nc1ccc(SCC(=O)Nc2ccccc2Cl)cc1. The van der Waals surface area contributed by atoms with Crippen LogP contribution in [0.25, 0.3) is 6.08 Å². The second-order valence-corrected chi connectivity index (χ2v) is 10.1. The Morgan fingerprint density at radius 2 is 1.51 bits per heavy atom. The van der Waals surface area contributed by atoms with Crippen LogP contribution in [0, 0.1) is 0 Å². The molecule has 0 atom stereocenters. The summed E-state index contributed by atoms with van der Waals surface area (Å²) in [4.78, 5) is 39.4. The van der Waals surface area contributed by atoms with Crippen LogP contribution >= 0.6 is 23.4 Å². The number of para-hydroxylation sites is 2. The number of hydrogen-bond acceptors (Lipinski definition) is 5. The van der Waals surface area contributed by atoms with Crippen molar-refractivity contribution in [1.29, 1.82) is 0 Å². The van der Waals surface area contributed by atoms with Gasteiger partial charge in [-0.25, -0.2) is 0 Å². The Bertz CT molecular complexity index is 1540. The Balaban J connectivity index is 1.44. The standard InChI is InChI=1S/C32H28ClN3O4S/c1-2-40-29-15-9-6-12-23(29)20-28(36-31(38)22-10-4-3-5-11-22)32(39)34-24-16-18-25(19-17-24)41-21-30(37)35-27-14-8-7-13-26(27)33/h3-20H,2,21H2,1H3,(H,34,39)(H,35,37)(H,36,38)/b28-20-. The molecule has 0 aliphatic heterocycles. The lowest BCUT2D eigenvalue weighted by Crippen LogP contribution is -2.30. The molecule has 0 saturated carbocycles. The first-order chi connectivity index (χ1) is 19.9. The monoisotopic (exact) mass is 585 g/mol. The molecule has 4 aromatic carbocycles. The summed E-state index contributed by atoms with van der Waals surface area (Å²) >= 11 is 7.45. The number of carbonyl (C=O) groups excluding carboxylic acids is 3. The van der Waals surface area contributed by atoms with Crippen LogP contribution in [-0.4, -0.2) is 30.1 Å². The van der Waals surface area contributed by atoms with E-state index in [0.717, 1.165) is 4.90 Å². The lowest BCUT2D eigenvalue weighted by atomic mass is 10.1. The summed E-state index contributed by atoms with van der Waals surface area (Å²) in [5, 5.41) is 8.84. The van der Waals surface area contributed by atoms with E-state index < -0.39 is 11.8 Å². The van der Waals surface area contributed by atoms with Crippen LogP contribution in [0.15, 0.2) is 114 Å². The van der Waals surface area contributed by atoms with E-state index >= 15 is 0 Å². The Morgan fingerprint density at radius 3 is 2.24 bits per heavy atom. The van der Waals surface area contributed by atoms with Gasteiger partial charge in [0.25, 0.3) is 11.8 Å². The van der Waals surface area contributed by atoms with E-state index in [0.29, 0.717) is 39.9 Å². The van der Waals surface area contributed by atoms with Crippen molar-refractivity contribution in [2.45, 2.75) is 11.8 Å². The van der Waals surface area contributed by atoms with E-state index in [-0.39, 0.29) is 17.4 Å². The summed E-state index contributed by atoms with van der Waals surface area (Å²) in [6.45, 7) is 2.33. The zero-order chi connectivity index (χ0) is 29.0. The van der Waals surface area contributed by atoms with Crippen molar-refractivity contribution >= 4 is 58.5 Å². The number of nitrogens with one attached hydrogen (secondary N) is 3. The molecule has 0 unspecified atom stereocenters. The Hall–Kier alpha value is -4.53. The van der Waals surface area contributed by atoms with Crippen molar-refractivity contribution in [2.75, 3.05) is 23.0 Å². The first-order valence-corrected chi connectivity index (χ1v) is 14.2. The fourth-order valence-corrected chi connectivity index (χ4v) is 4.60. The maximum atomic E-state index is 13.4. The first kappa shape index (κ1) is 29.5. The van der Waals surface area contributed by atoms with Crippen LogP contribution < -0.4 is 20.7 Å². The third-order valence-electron chi connectivity index (χ3n) is 5.68. The van der Waals surface area contributed by atoms with Gasteiger partial charge in [-0.15, -0.1) is 11.8 Å². The predicted molar refractivity (Wildman–Crippen MR) is 165 cm³/mol. The average Bonchev–Trinajstić information content (AvgIpc) is 2.99. The van der Waals surface area contributed by atoms with Crippen molar-refractivity contribution in [3.63, 3.8) is 0 Å². The molecule has 0 spiro atoms. The van der Waals surface area contributed by atoms with Gasteiger partial charge in [0, 0.05) is 21.7 Å². The van der Waals surface area contributed by atoms with E-state index in [2.05, 4.69) is 16.0 Å². The molecule has 4 aromatic rings. The summed E-state index contributed by atoms with van der Waals surface area (Å²) in [5.41, 5.74) is 2.21. The largest absolute Gasteiger partial charge is 0.493 e. The van der Waals surface area contributed by atoms with Crippen molar-refractivity contribution in [3.8, 4) is 5.75 Å². The molecule has 7 nitrogen and oxygen atoms in total. The smallest absolute Gasteiger partial charge is 0.272 e. The topological polar surface area (TPSA) is 96.5 Å². The van der Waals surface area contributed by atoms with Gasteiger partial charge in [0.2, 0.25) is 5.91 Å². The third kappa shape index (κ3) is 8.73. The molecule has 41 heavy (non-hydrogen) atoms. The fourth-order valence-electron chi connectivity index (χ4n) is 3.72. The van der Waals surface area contributed by atoms with Gasteiger partial charge < -0.3 is 20.7 Å². The van der Waals surface area contributed by atoms with Gasteiger partial charge in [-0.05, 0) is 67.6 Å². The van der Waals surface area contributed by atoms with Gasteiger partial charge in [0.15, 0.2) is 0 Å². The normalized spacial score (nSPS) is 10.9. The van der Waals surface area contributed by atoms with Crippen molar-refractivity contribution in [3.05, 3.63) is 125 Å². The molecule has 3 N–H and O–H groups in total. The summed E-state index contributed by atoms with van der Waals surface area (Å²) in [7, 11) is 0. The lowest BCUT2D eigenvalue weighted by molar-refractivity contribution is -0.114. The number of halogens is 1. The summed E-state index contributed by atoms with van der Waals surface area (Å²) < 4.78 is 5.69. The van der Waals surface area contributed by atoms with E-state index in [1.807, 2.05) is 25.1 Å². The minimum Gasteiger partial charge on any atom is -0.493 e. The molecule has 0 aromatic heterocycles. The van der Waals surface area contributed by atoms with Crippen LogP contribution in [0.1, 0.15) is 22.8 Å². The molecule has 208 valence electrons. The van der Waals surface area contributed by atoms with E-state index in [1.165, 1.54) is 11.8 Å². The number of amides is 3.